The average Bonchev–Trinajstić information content (AvgIpc) is 2.86. The van der Waals surface area contributed by atoms with Crippen LogP contribution in [0.2, 0.25) is 0 Å². The second-order valence-electron chi connectivity index (χ2n) is 9.94. The zero-order chi connectivity index (χ0) is 23.5. The largest absolute Gasteiger partial charge is 0.421 e. The monoisotopic (exact) mass is 440 g/mol. The minimum atomic E-state index is -0.503. The van der Waals surface area contributed by atoms with E-state index in [4.69, 9.17) is 4.74 Å². The predicted molar refractivity (Wildman–Crippen MR) is 128 cm³/mol. The molecule has 0 radical (unpaired) electrons. The first-order chi connectivity index (χ1) is 16.0. The molecular formula is C29H32N2O2. The van der Waals surface area contributed by atoms with Crippen molar-refractivity contribution >= 4 is 5.97 Å². The number of fused-ring (bicyclic) bond motifs is 3. The highest BCUT2D eigenvalue weighted by molar-refractivity contribution is 5.91. The van der Waals surface area contributed by atoms with E-state index in [1.54, 1.807) is 12.1 Å². The van der Waals surface area contributed by atoms with Gasteiger partial charge >= 0.3 is 5.97 Å². The Morgan fingerprint density at radius 1 is 0.879 bits per heavy atom. The van der Waals surface area contributed by atoms with Crippen LogP contribution in [-0.4, -0.2) is 5.97 Å². The van der Waals surface area contributed by atoms with E-state index in [2.05, 4.69) is 31.2 Å². The molecule has 3 aliphatic rings. The Balaban J connectivity index is 1.50. The Morgan fingerprint density at radius 2 is 1.52 bits per heavy atom. The molecule has 3 aliphatic carbocycles. The highest BCUT2D eigenvalue weighted by Gasteiger charge is 2.48. The van der Waals surface area contributed by atoms with E-state index in [1.807, 2.05) is 19.1 Å². The number of nitriles is 2. The molecule has 3 fully saturated rings. The fourth-order valence-electron chi connectivity index (χ4n) is 6.15. The van der Waals surface area contributed by atoms with Crippen molar-refractivity contribution in [3.05, 3.63) is 64.2 Å². The van der Waals surface area contributed by atoms with E-state index < -0.39 is 5.97 Å². The molecule has 33 heavy (non-hydrogen) atoms. The molecule has 0 spiro atoms. The summed E-state index contributed by atoms with van der Waals surface area (Å²) in [6.07, 6.45) is 11.9. The zero-order valence-electron chi connectivity index (χ0n) is 19.7. The van der Waals surface area contributed by atoms with Gasteiger partial charge in [-0.2, -0.15) is 10.5 Å². The maximum Gasteiger partial charge on any atom is 0.343 e. The number of rotatable bonds is 7. The lowest BCUT2D eigenvalue weighted by molar-refractivity contribution is 0.0320. The number of aryl methyl sites for hydroxylation is 1. The molecule has 170 valence electrons. The maximum absolute atomic E-state index is 12.8. The van der Waals surface area contributed by atoms with Gasteiger partial charge in [0, 0.05) is 0 Å². The minimum Gasteiger partial charge on any atom is -0.421 e. The molecule has 0 aliphatic heterocycles. The third-order valence-electron chi connectivity index (χ3n) is 8.11. The lowest BCUT2D eigenvalue weighted by Crippen LogP contribution is -2.44. The number of ether oxygens (including phenoxy) is 1. The Bertz CT molecular complexity index is 1090. The van der Waals surface area contributed by atoms with Gasteiger partial charge in [-0.05, 0) is 91.5 Å². The van der Waals surface area contributed by atoms with E-state index in [9.17, 15) is 15.3 Å². The number of carbonyl (C=O) groups excluding carboxylic acids is 1. The van der Waals surface area contributed by atoms with Crippen LogP contribution in [0.25, 0.3) is 0 Å². The number of nitrogens with zero attached hydrogens (tertiary/aromatic N) is 2. The molecule has 0 amide bonds. The van der Waals surface area contributed by atoms with Gasteiger partial charge in [-0.25, -0.2) is 4.79 Å². The summed E-state index contributed by atoms with van der Waals surface area (Å²) >= 11 is 0. The summed E-state index contributed by atoms with van der Waals surface area (Å²) in [6.45, 7) is 4.32. The lowest BCUT2D eigenvalue weighted by atomic mass is 9.51. The highest BCUT2D eigenvalue weighted by atomic mass is 16.5. The van der Waals surface area contributed by atoms with E-state index in [-0.39, 0.29) is 16.7 Å². The first-order valence-corrected chi connectivity index (χ1v) is 12.3. The molecule has 5 rings (SSSR count). The summed E-state index contributed by atoms with van der Waals surface area (Å²) in [5, 5.41) is 19.1. The Hall–Kier alpha value is -3.11. The summed E-state index contributed by atoms with van der Waals surface area (Å²) in [4.78, 5) is 12.8. The summed E-state index contributed by atoms with van der Waals surface area (Å²) in [7, 11) is 0. The summed E-state index contributed by atoms with van der Waals surface area (Å²) in [5.41, 5.74) is 3.86. The minimum absolute atomic E-state index is 0.132. The van der Waals surface area contributed by atoms with Gasteiger partial charge in [-0.15, -0.1) is 0 Å². The SMILES string of the molecule is CCCc1ccc(OC(=O)c2ccc(C34CCC(CCC)(CC3)CC4)cc2)c(C#N)c1C#N. The molecule has 0 N–H and O–H groups in total. The van der Waals surface area contributed by atoms with Crippen LogP contribution in [0.3, 0.4) is 0 Å². The first kappa shape index (κ1) is 23.1. The summed E-state index contributed by atoms with van der Waals surface area (Å²) < 4.78 is 5.57. The van der Waals surface area contributed by atoms with Gasteiger partial charge in [0.2, 0.25) is 0 Å². The van der Waals surface area contributed by atoms with Crippen LogP contribution >= 0.6 is 0 Å². The number of esters is 1. The maximum atomic E-state index is 12.8. The van der Waals surface area contributed by atoms with Crippen LogP contribution < -0.4 is 4.74 Å². The van der Waals surface area contributed by atoms with E-state index in [0.29, 0.717) is 23.0 Å². The second kappa shape index (κ2) is 9.40. The van der Waals surface area contributed by atoms with E-state index in [1.165, 1.54) is 56.9 Å². The Morgan fingerprint density at radius 3 is 2.06 bits per heavy atom. The van der Waals surface area contributed by atoms with Crippen molar-refractivity contribution in [3.8, 4) is 17.9 Å². The van der Waals surface area contributed by atoms with Crippen LogP contribution in [0.4, 0.5) is 0 Å². The van der Waals surface area contributed by atoms with Gasteiger partial charge in [-0.1, -0.05) is 44.9 Å². The highest BCUT2D eigenvalue weighted by Crippen LogP contribution is 2.59. The zero-order valence-corrected chi connectivity index (χ0v) is 19.7. The first-order valence-electron chi connectivity index (χ1n) is 12.3. The van der Waals surface area contributed by atoms with E-state index in [0.717, 1.165) is 12.0 Å². The molecule has 2 aromatic carbocycles. The quantitative estimate of drug-likeness (QED) is 0.343. The van der Waals surface area contributed by atoms with Crippen LogP contribution in [0.5, 0.6) is 5.75 Å². The van der Waals surface area contributed by atoms with Crippen molar-refractivity contribution in [2.24, 2.45) is 5.41 Å². The predicted octanol–water partition coefficient (Wildman–Crippen LogP) is 6.99. The van der Waals surface area contributed by atoms with Crippen LogP contribution in [0, 0.1) is 28.1 Å². The Labute approximate surface area is 197 Å². The molecule has 0 saturated heterocycles. The Kier molecular flexibility index (Phi) is 6.57. The van der Waals surface area contributed by atoms with Gasteiger partial charge in [0.1, 0.15) is 23.5 Å². The number of hydrogen-bond donors (Lipinski definition) is 0. The van der Waals surface area contributed by atoms with Gasteiger partial charge in [0.25, 0.3) is 0 Å². The number of benzene rings is 2. The van der Waals surface area contributed by atoms with Gasteiger partial charge in [0.05, 0.1) is 11.1 Å². The summed E-state index contributed by atoms with van der Waals surface area (Å²) in [6, 6.07) is 15.4. The number of hydrogen-bond acceptors (Lipinski definition) is 4. The molecule has 0 atom stereocenters. The van der Waals surface area contributed by atoms with Gasteiger partial charge < -0.3 is 4.74 Å². The van der Waals surface area contributed by atoms with Gasteiger partial charge in [-0.3, -0.25) is 0 Å². The average molecular weight is 441 g/mol. The smallest absolute Gasteiger partial charge is 0.343 e. The van der Waals surface area contributed by atoms with Crippen molar-refractivity contribution in [1.29, 1.82) is 10.5 Å². The molecule has 0 unspecified atom stereocenters. The molecule has 0 aromatic heterocycles. The topological polar surface area (TPSA) is 73.9 Å². The van der Waals surface area contributed by atoms with Crippen molar-refractivity contribution in [2.45, 2.75) is 83.5 Å². The van der Waals surface area contributed by atoms with E-state index >= 15 is 0 Å². The van der Waals surface area contributed by atoms with Crippen LogP contribution in [-0.2, 0) is 11.8 Å². The van der Waals surface area contributed by atoms with Crippen molar-refractivity contribution in [3.63, 3.8) is 0 Å². The molecule has 3 saturated carbocycles. The number of carbonyl (C=O) groups is 1. The normalized spacial score (nSPS) is 23.5. The molecule has 2 aromatic rings. The molecular weight excluding hydrogens is 408 g/mol. The van der Waals surface area contributed by atoms with Gasteiger partial charge in [0.15, 0.2) is 0 Å². The lowest BCUT2D eigenvalue weighted by Gasteiger charge is -2.54. The second-order valence-corrected chi connectivity index (χ2v) is 9.94. The van der Waals surface area contributed by atoms with Crippen molar-refractivity contribution in [2.75, 3.05) is 0 Å². The summed E-state index contributed by atoms with van der Waals surface area (Å²) in [5.74, 6) is -0.356. The van der Waals surface area contributed by atoms with Crippen molar-refractivity contribution < 1.29 is 9.53 Å². The van der Waals surface area contributed by atoms with Crippen molar-refractivity contribution in [1.82, 2.24) is 0 Å². The van der Waals surface area contributed by atoms with Crippen LogP contribution in [0.1, 0.15) is 104 Å². The standard InChI is InChI=1S/C29H32N2O2/c1-3-5-21-8-11-26(25(20-31)24(21)19-30)33-27(32)22-6-9-23(10-7-22)29-16-13-28(12-4-2,14-17-29)15-18-29/h6-11H,3-5,12-18H2,1-2H3. The molecule has 4 nitrogen and oxygen atoms in total. The fourth-order valence-corrected chi connectivity index (χ4v) is 6.15. The molecule has 4 heteroatoms. The third kappa shape index (κ3) is 4.28. The fraction of sp³-hybridized carbons (Fsp3) is 0.483. The third-order valence-corrected chi connectivity index (χ3v) is 8.11. The molecule has 2 bridgehead atoms. The van der Waals surface area contributed by atoms with Crippen LogP contribution in [0.15, 0.2) is 36.4 Å². The molecule has 0 heterocycles.